The van der Waals surface area contributed by atoms with Crippen LogP contribution in [-0.2, 0) is 0 Å². The highest BCUT2D eigenvalue weighted by Crippen LogP contribution is 2.23. The first-order valence-corrected chi connectivity index (χ1v) is 8.75. The number of aromatic nitrogens is 1. The van der Waals surface area contributed by atoms with Crippen LogP contribution in [0.25, 0.3) is 0 Å². The maximum atomic E-state index is 13.3. The Kier molecular flexibility index (Phi) is 6.03. The van der Waals surface area contributed by atoms with E-state index in [9.17, 15) is 14.0 Å². The molecule has 1 aromatic heterocycles. The van der Waals surface area contributed by atoms with Crippen molar-refractivity contribution in [2.24, 2.45) is 0 Å². The van der Waals surface area contributed by atoms with Crippen LogP contribution in [0.2, 0.25) is 0 Å². The van der Waals surface area contributed by atoms with Gasteiger partial charge in [0.15, 0.2) is 0 Å². The summed E-state index contributed by atoms with van der Waals surface area (Å²) in [5.74, 6) is 0.350. The molecule has 0 spiro atoms. The number of carbonyl (C=O) groups is 2. The average molecular weight is 394 g/mol. The van der Waals surface area contributed by atoms with Gasteiger partial charge >= 0.3 is 6.03 Å². The van der Waals surface area contributed by atoms with Gasteiger partial charge in [0.25, 0.3) is 5.91 Å². The predicted molar refractivity (Wildman–Crippen MR) is 108 cm³/mol. The molecule has 7 nitrogen and oxygen atoms in total. The van der Waals surface area contributed by atoms with Crippen LogP contribution in [0.3, 0.4) is 0 Å². The highest BCUT2D eigenvalue weighted by atomic mass is 19.1. The molecule has 2 aromatic carbocycles. The molecule has 0 saturated heterocycles. The van der Waals surface area contributed by atoms with Gasteiger partial charge in [0.05, 0.1) is 0 Å². The van der Waals surface area contributed by atoms with E-state index in [1.165, 1.54) is 31.4 Å². The molecule has 0 aliphatic heterocycles. The molecule has 0 aliphatic rings. The van der Waals surface area contributed by atoms with Crippen LogP contribution in [0.5, 0.6) is 11.5 Å². The van der Waals surface area contributed by atoms with E-state index >= 15 is 0 Å². The van der Waals surface area contributed by atoms with Crippen LogP contribution in [0.4, 0.5) is 20.6 Å². The molecule has 29 heavy (non-hydrogen) atoms. The molecular weight excluding hydrogens is 375 g/mol. The number of benzene rings is 2. The number of halogens is 1. The van der Waals surface area contributed by atoms with Gasteiger partial charge in [-0.2, -0.15) is 0 Å². The van der Waals surface area contributed by atoms with E-state index in [-0.39, 0.29) is 17.4 Å². The van der Waals surface area contributed by atoms with Crippen LogP contribution in [0, 0.1) is 12.7 Å². The summed E-state index contributed by atoms with van der Waals surface area (Å²) in [4.78, 5) is 27.7. The lowest BCUT2D eigenvalue weighted by Crippen LogP contribution is -2.19. The molecule has 148 valence electrons. The molecule has 3 aromatic rings. The number of rotatable bonds is 5. The SMILES string of the molecule is CNC(=O)c1cc(Oc2ccc(NC(=O)Nc3ccc(F)c(C)c3)cc2)ccn1. The molecule has 0 fully saturated rings. The number of ether oxygens (including phenoxy) is 1. The molecule has 0 aliphatic carbocycles. The van der Waals surface area contributed by atoms with E-state index in [4.69, 9.17) is 4.74 Å². The van der Waals surface area contributed by atoms with Crippen molar-refractivity contribution in [2.75, 3.05) is 17.7 Å². The van der Waals surface area contributed by atoms with E-state index < -0.39 is 6.03 Å². The Morgan fingerprint density at radius 3 is 2.31 bits per heavy atom. The molecule has 0 radical (unpaired) electrons. The Bertz CT molecular complexity index is 1040. The topological polar surface area (TPSA) is 92.4 Å². The fraction of sp³-hybridized carbons (Fsp3) is 0.0952. The van der Waals surface area contributed by atoms with Crippen molar-refractivity contribution in [2.45, 2.75) is 6.92 Å². The van der Waals surface area contributed by atoms with E-state index in [1.807, 2.05) is 0 Å². The lowest BCUT2D eigenvalue weighted by atomic mass is 10.2. The van der Waals surface area contributed by atoms with Crippen LogP contribution in [0.15, 0.2) is 60.8 Å². The van der Waals surface area contributed by atoms with Crippen LogP contribution >= 0.6 is 0 Å². The third kappa shape index (κ3) is 5.29. The van der Waals surface area contributed by atoms with Gasteiger partial charge in [-0.25, -0.2) is 9.18 Å². The van der Waals surface area contributed by atoms with E-state index in [0.717, 1.165) is 0 Å². The number of aryl methyl sites for hydroxylation is 1. The van der Waals surface area contributed by atoms with Gasteiger partial charge in [0, 0.05) is 30.7 Å². The van der Waals surface area contributed by atoms with E-state index in [0.29, 0.717) is 28.4 Å². The number of nitrogens with zero attached hydrogens (tertiary/aromatic N) is 1. The minimum atomic E-state index is -0.450. The number of amides is 3. The fourth-order valence-electron chi connectivity index (χ4n) is 2.49. The van der Waals surface area contributed by atoms with Crippen molar-refractivity contribution in [3.63, 3.8) is 0 Å². The Hall–Kier alpha value is -3.94. The molecule has 3 N–H and O–H groups in total. The molecular formula is C21H19FN4O3. The molecule has 3 amide bonds. The zero-order valence-corrected chi connectivity index (χ0v) is 15.8. The van der Waals surface area contributed by atoms with Gasteiger partial charge in [0.2, 0.25) is 0 Å². The molecule has 0 saturated carbocycles. The normalized spacial score (nSPS) is 10.2. The van der Waals surface area contributed by atoms with Crippen molar-refractivity contribution in [1.82, 2.24) is 10.3 Å². The van der Waals surface area contributed by atoms with Crippen molar-refractivity contribution in [3.05, 3.63) is 77.9 Å². The fourth-order valence-corrected chi connectivity index (χ4v) is 2.49. The van der Waals surface area contributed by atoms with Crippen LogP contribution < -0.4 is 20.7 Å². The first-order chi connectivity index (χ1) is 13.9. The van der Waals surface area contributed by atoms with E-state index in [2.05, 4.69) is 20.9 Å². The van der Waals surface area contributed by atoms with Gasteiger partial charge < -0.3 is 20.7 Å². The largest absolute Gasteiger partial charge is 0.457 e. The summed E-state index contributed by atoms with van der Waals surface area (Å²) in [5.41, 5.74) is 1.73. The number of urea groups is 1. The molecule has 0 bridgehead atoms. The third-order valence-electron chi connectivity index (χ3n) is 3.95. The van der Waals surface area contributed by atoms with Gasteiger partial charge in [-0.1, -0.05) is 0 Å². The van der Waals surface area contributed by atoms with E-state index in [1.54, 1.807) is 43.3 Å². The number of anilines is 2. The zero-order valence-electron chi connectivity index (χ0n) is 15.8. The standard InChI is InChI=1S/C21H19FN4O3/c1-13-11-15(5-8-18(13)22)26-21(28)25-14-3-6-16(7-4-14)29-17-9-10-24-19(12-17)20(27)23-2/h3-12H,1-2H3,(H,23,27)(H2,25,26,28). The highest BCUT2D eigenvalue weighted by Gasteiger charge is 2.08. The first kappa shape index (κ1) is 19.8. The second kappa shape index (κ2) is 8.83. The summed E-state index contributed by atoms with van der Waals surface area (Å²) in [6, 6.07) is 13.8. The van der Waals surface area contributed by atoms with Gasteiger partial charge in [-0.3, -0.25) is 9.78 Å². The van der Waals surface area contributed by atoms with Gasteiger partial charge in [0.1, 0.15) is 23.0 Å². The van der Waals surface area contributed by atoms with Gasteiger partial charge in [-0.05, 0) is 61.0 Å². The summed E-state index contributed by atoms with van der Waals surface area (Å²) in [6.45, 7) is 1.62. The predicted octanol–water partition coefficient (Wildman–Crippen LogP) is 4.33. The van der Waals surface area contributed by atoms with Crippen molar-refractivity contribution < 1.29 is 18.7 Å². The maximum absolute atomic E-state index is 13.3. The Morgan fingerprint density at radius 1 is 0.931 bits per heavy atom. The lowest BCUT2D eigenvalue weighted by Gasteiger charge is -2.10. The summed E-state index contributed by atoms with van der Waals surface area (Å²) in [6.07, 6.45) is 1.48. The van der Waals surface area contributed by atoms with Gasteiger partial charge in [-0.15, -0.1) is 0 Å². The first-order valence-electron chi connectivity index (χ1n) is 8.75. The van der Waals surface area contributed by atoms with Crippen LogP contribution in [0.1, 0.15) is 16.1 Å². The minimum absolute atomic E-state index is 0.246. The molecule has 0 unspecified atom stereocenters. The lowest BCUT2D eigenvalue weighted by molar-refractivity contribution is 0.0958. The quantitative estimate of drug-likeness (QED) is 0.601. The molecule has 0 atom stereocenters. The Balaban J connectivity index is 1.60. The molecule has 3 rings (SSSR count). The number of hydrogen-bond acceptors (Lipinski definition) is 4. The average Bonchev–Trinajstić information content (AvgIpc) is 2.72. The third-order valence-corrected chi connectivity index (χ3v) is 3.95. The van der Waals surface area contributed by atoms with Crippen LogP contribution in [-0.4, -0.2) is 24.0 Å². The summed E-state index contributed by atoms with van der Waals surface area (Å²) in [7, 11) is 1.52. The smallest absolute Gasteiger partial charge is 0.323 e. The molecule has 1 heterocycles. The number of pyridine rings is 1. The second-order valence-electron chi connectivity index (χ2n) is 6.13. The second-order valence-corrected chi connectivity index (χ2v) is 6.13. The highest BCUT2D eigenvalue weighted by molar-refractivity contribution is 5.99. The molecule has 8 heteroatoms. The Morgan fingerprint density at radius 2 is 1.62 bits per heavy atom. The Labute approximate surface area is 166 Å². The van der Waals surface area contributed by atoms with Crippen molar-refractivity contribution in [3.8, 4) is 11.5 Å². The summed E-state index contributed by atoms with van der Waals surface area (Å²) in [5, 5.41) is 7.83. The van der Waals surface area contributed by atoms with Crippen molar-refractivity contribution >= 4 is 23.3 Å². The number of hydrogen-bond donors (Lipinski definition) is 3. The number of carbonyl (C=O) groups excluding carboxylic acids is 2. The summed E-state index contributed by atoms with van der Waals surface area (Å²) < 4.78 is 19.0. The summed E-state index contributed by atoms with van der Waals surface area (Å²) >= 11 is 0. The number of nitrogens with one attached hydrogen (secondary N) is 3. The zero-order chi connectivity index (χ0) is 20.8. The minimum Gasteiger partial charge on any atom is -0.457 e. The maximum Gasteiger partial charge on any atom is 0.323 e. The van der Waals surface area contributed by atoms with Crippen molar-refractivity contribution in [1.29, 1.82) is 0 Å². The monoisotopic (exact) mass is 394 g/mol.